The molecule has 4 nitrogen and oxygen atoms in total. The lowest BCUT2D eigenvalue weighted by Gasteiger charge is -2.14. The highest BCUT2D eigenvalue weighted by atomic mass is 16.5. The van der Waals surface area contributed by atoms with Gasteiger partial charge < -0.3 is 19.9 Å². The van der Waals surface area contributed by atoms with Gasteiger partial charge >= 0.3 is 0 Å². The Labute approximate surface area is 109 Å². The Morgan fingerprint density at radius 1 is 1.39 bits per heavy atom. The van der Waals surface area contributed by atoms with Crippen LogP contribution in [0.4, 0.5) is 0 Å². The summed E-state index contributed by atoms with van der Waals surface area (Å²) < 4.78 is 10.8. The summed E-state index contributed by atoms with van der Waals surface area (Å²) in [5.41, 5.74) is 1.04. The van der Waals surface area contributed by atoms with Crippen molar-refractivity contribution >= 4 is 0 Å². The number of methoxy groups -OCH3 is 1. The van der Waals surface area contributed by atoms with Crippen molar-refractivity contribution in [2.24, 2.45) is 0 Å². The van der Waals surface area contributed by atoms with Crippen LogP contribution >= 0.6 is 0 Å². The fourth-order valence-electron chi connectivity index (χ4n) is 1.57. The molecule has 0 saturated carbocycles. The van der Waals surface area contributed by atoms with Gasteiger partial charge in [-0.3, -0.25) is 0 Å². The van der Waals surface area contributed by atoms with E-state index in [1.807, 2.05) is 18.2 Å². The van der Waals surface area contributed by atoms with Gasteiger partial charge in [-0.1, -0.05) is 6.92 Å². The third-order valence-corrected chi connectivity index (χ3v) is 2.49. The molecule has 0 aliphatic rings. The van der Waals surface area contributed by atoms with Gasteiger partial charge in [-0.15, -0.1) is 0 Å². The van der Waals surface area contributed by atoms with Crippen LogP contribution in [0.25, 0.3) is 0 Å². The first-order chi connectivity index (χ1) is 8.67. The van der Waals surface area contributed by atoms with Crippen molar-refractivity contribution in [1.82, 2.24) is 5.32 Å². The van der Waals surface area contributed by atoms with E-state index in [9.17, 15) is 5.11 Å². The van der Waals surface area contributed by atoms with Crippen LogP contribution in [-0.4, -0.2) is 31.5 Å². The second-order valence-corrected chi connectivity index (χ2v) is 4.31. The second-order valence-electron chi connectivity index (χ2n) is 4.31. The minimum Gasteiger partial charge on any atom is -0.497 e. The van der Waals surface area contributed by atoms with Crippen LogP contribution in [-0.2, 0) is 6.54 Å². The maximum absolute atomic E-state index is 9.25. The molecule has 0 radical (unpaired) electrons. The fraction of sp³-hybridized carbons (Fsp3) is 0.571. The lowest BCUT2D eigenvalue weighted by atomic mass is 10.2. The molecule has 1 atom stereocenters. The molecule has 1 rings (SSSR count). The van der Waals surface area contributed by atoms with Crippen LogP contribution in [0.3, 0.4) is 0 Å². The van der Waals surface area contributed by atoms with Crippen molar-refractivity contribution in [3.8, 4) is 11.5 Å². The summed E-state index contributed by atoms with van der Waals surface area (Å²) in [7, 11) is 1.65. The van der Waals surface area contributed by atoms with E-state index in [1.54, 1.807) is 14.0 Å². The Bertz CT molecular complexity index is 353. The summed E-state index contributed by atoms with van der Waals surface area (Å²) in [5.74, 6) is 1.60. The fourth-order valence-corrected chi connectivity index (χ4v) is 1.57. The molecule has 0 fully saturated rings. The number of aliphatic hydroxyl groups is 1. The van der Waals surface area contributed by atoms with Crippen molar-refractivity contribution in [2.45, 2.75) is 32.9 Å². The van der Waals surface area contributed by atoms with Gasteiger partial charge in [0.25, 0.3) is 0 Å². The van der Waals surface area contributed by atoms with Gasteiger partial charge in [-0.05, 0) is 38.1 Å². The van der Waals surface area contributed by atoms with Gasteiger partial charge in [-0.2, -0.15) is 0 Å². The predicted octanol–water partition coefficient (Wildman–Crippen LogP) is 1.95. The summed E-state index contributed by atoms with van der Waals surface area (Å²) in [6.07, 6.45) is 0.622. The van der Waals surface area contributed by atoms with E-state index >= 15 is 0 Å². The van der Waals surface area contributed by atoms with Gasteiger partial charge in [0.15, 0.2) is 0 Å². The van der Waals surface area contributed by atoms with Crippen LogP contribution in [0.5, 0.6) is 11.5 Å². The van der Waals surface area contributed by atoms with Crippen molar-refractivity contribution in [3.05, 3.63) is 23.8 Å². The van der Waals surface area contributed by atoms with Crippen LogP contribution in [0.15, 0.2) is 18.2 Å². The normalized spacial score (nSPS) is 12.2. The first kappa shape index (κ1) is 14.8. The molecule has 1 aromatic carbocycles. The van der Waals surface area contributed by atoms with E-state index in [0.717, 1.165) is 36.6 Å². The zero-order valence-electron chi connectivity index (χ0n) is 11.4. The molecule has 0 aliphatic carbocycles. The molecule has 0 saturated heterocycles. The quantitative estimate of drug-likeness (QED) is 0.695. The first-order valence-electron chi connectivity index (χ1n) is 6.35. The smallest absolute Gasteiger partial charge is 0.124 e. The molecule has 2 N–H and O–H groups in total. The van der Waals surface area contributed by atoms with Crippen molar-refractivity contribution in [3.63, 3.8) is 0 Å². The van der Waals surface area contributed by atoms with Crippen molar-refractivity contribution < 1.29 is 14.6 Å². The van der Waals surface area contributed by atoms with E-state index in [4.69, 9.17) is 9.47 Å². The zero-order valence-corrected chi connectivity index (χ0v) is 11.4. The number of aliphatic hydroxyl groups excluding tert-OH is 1. The molecule has 0 bridgehead atoms. The maximum Gasteiger partial charge on any atom is 0.124 e. The van der Waals surface area contributed by atoms with Gasteiger partial charge in [0.05, 0.1) is 13.2 Å². The van der Waals surface area contributed by atoms with E-state index in [2.05, 4.69) is 12.2 Å². The van der Waals surface area contributed by atoms with E-state index in [1.165, 1.54) is 0 Å². The highest BCUT2D eigenvalue weighted by Gasteiger charge is 2.07. The minimum atomic E-state index is -0.469. The zero-order chi connectivity index (χ0) is 13.4. The highest BCUT2D eigenvalue weighted by Crippen LogP contribution is 2.24. The van der Waals surface area contributed by atoms with Gasteiger partial charge in [0.2, 0.25) is 0 Å². The molecular formula is C14H23NO3. The standard InChI is InChI=1S/C14H23NO3/c1-4-7-15-9-12-8-13(17-3)5-6-14(12)18-10-11(2)16/h5-6,8,11,15-16H,4,7,9-10H2,1-3H3. The van der Waals surface area contributed by atoms with Crippen molar-refractivity contribution in [2.75, 3.05) is 20.3 Å². The third-order valence-electron chi connectivity index (χ3n) is 2.49. The molecule has 0 spiro atoms. The average Bonchev–Trinajstić information content (AvgIpc) is 2.37. The number of benzene rings is 1. The molecule has 4 heteroatoms. The first-order valence-corrected chi connectivity index (χ1v) is 6.35. The summed E-state index contributed by atoms with van der Waals surface area (Å²) in [6, 6.07) is 5.70. The number of hydrogen-bond acceptors (Lipinski definition) is 4. The molecule has 0 aliphatic heterocycles. The van der Waals surface area contributed by atoms with Crippen LogP contribution < -0.4 is 14.8 Å². The van der Waals surface area contributed by atoms with E-state index in [-0.39, 0.29) is 0 Å². The van der Waals surface area contributed by atoms with E-state index in [0.29, 0.717) is 6.61 Å². The largest absolute Gasteiger partial charge is 0.497 e. The Kier molecular flexibility index (Phi) is 6.54. The molecule has 18 heavy (non-hydrogen) atoms. The van der Waals surface area contributed by atoms with Crippen LogP contribution in [0, 0.1) is 0 Å². The molecule has 1 aromatic rings. The number of ether oxygens (including phenoxy) is 2. The summed E-state index contributed by atoms with van der Waals surface area (Å²) in [5, 5.41) is 12.6. The molecule has 0 amide bonds. The minimum absolute atomic E-state index is 0.299. The number of nitrogens with one attached hydrogen (secondary N) is 1. The monoisotopic (exact) mass is 253 g/mol. The molecule has 0 aromatic heterocycles. The van der Waals surface area contributed by atoms with Crippen LogP contribution in [0.1, 0.15) is 25.8 Å². The Hall–Kier alpha value is -1.26. The third kappa shape index (κ3) is 4.94. The Balaban J connectivity index is 2.72. The Morgan fingerprint density at radius 3 is 2.78 bits per heavy atom. The van der Waals surface area contributed by atoms with E-state index < -0.39 is 6.10 Å². The van der Waals surface area contributed by atoms with Crippen LogP contribution in [0.2, 0.25) is 0 Å². The molecule has 102 valence electrons. The SMILES string of the molecule is CCCNCc1cc(OC)ccc1OCC(C)O. The number of hydrogen-bond donors (Lipinski definition) is 2. The molecule has 1 unspecified atom stereocenters. The average molecular weight is 253 g/mol. The summed E-state index contributed by atoms with van der Waals surface area (Å²) >= 11 is 0. The predicted molar refractivity (Wildman–Crippen MR) is 72.2 cm³/mol. The molecule has 0 heterocycles. The van der Waals surface area contributed by atoms with Gasteiger partial charge in [0.1, 0.15) is 18.1 Å². The highest BCUT2D eigenvalue weighted by molar-refractivity contribution is 5.40. The van der Waals surface area contributed by atoms with Gasteiger partial charge in [0, 0.05) is 12.1 Å². The second kappa shape index (κ2) is 7.95. The summed E-state index contributed by atoms with van der Waals surface area (Å²) in [4.78, 5) is 0. The van der Waals surface area contributed by atoms with Gasteiger partial charge in [-0.25, -0.2) is 0 Å². The lowest BCUT2D eigenvalue weighted by molar-refractivity contribution is 0.122. The molecular weight excluding hydrogens is 230 g/mol. The summed E-state index contributed by atoms with van der Waals surface area (Å²) in [6.45, 7) is 5.84. The Morgan fingerprint density at radius 2 is 2.17 bits per heavy atom. The number of rotatable bonds is 8. The maximum atomic E-state index is 9.25. The lowest BCUT2D eigenvalue weighted by Crippen LogP contribution is -2.17. The topological polar surface area (TPSA) is 50.7 Å². The van der Waals surface area contributed by atoms with Crippen molar-refractivity contribution in [1.29, 1.82) is 0 Å².